The van der Waals surface area contributed by atoms with Crippen molar-refractivity contribution in [2.75, 3.05) is 51.4 Å². The highest BCUT2D eigenvalue weighted by atomic mass is 19.1. The maximum absolute atomic E-state index is 14.2. The summed E-state index contributed by atoms with van der Waals surface area (Å²) in [6.07, 6.45) is 1.53. The Hall–Kier alpha value is -3.46. The Labute approximate surface area is 210 Å². The van der Waals surface area contributed by atoms with E-state index < -0.39 is 5.41 Å². The number of benzene rings is 2. The van der Waals surface area contributed by atoms with Crippen molar-refractivity contribution in [3.8, 4) is 5.75 Å². The number of piperazine rings is 1. The van der Waals surface area contributed by atoms with Gasteiger partial charge in [0.25, 0.3) is 0 Å². The van der Waals surface area contributed by atoms with Crippen LogP contribution in [-0.2, 0) is 10.2 Å². The minimum atomic E-state index is -0.680. The lowest BCUT2D eigenvalue weighted by molar-refractivity contribution is -0.111. The first-order valence-electron chi connectivity index (χ1n) is 12.5. The van der Waals surface area contributed by atoms with Crippen LogP contribution in [0, 0.1) is 5.82 Å². The fourth-order valence-electron chi connectivity index (χ4n) is 5.82. The summed E-state index contributed by atoms with van der Waals surface area (Å²) >= 11 is 0. The van der Waals surface area contributed by atoms with E-state index in [-0.39, 0.29) is 23.7 Å². The Morgan fingerprint density at radius 3 is 2.58 bits per heavy atom. The zero-order valence-electron chi connectivity index (χ0n) is 20.7. The van der Waals surface area contributed by atoms with Crippen molar-refractivity contribution in [2.24, 2.45) is 5.10 Å². The highest BCUT2D eigenvalue weighted by Gasteiger charge is 2.55. The first-order chi connectivity index (χ1) is 17.4. The van der Waals surface area contributed by atoms with E-state index in [1.54, 1.807) is 25.0 Å². The zero-order valence-corrected chi connectivity index (χ0v) is 20.7. The molecule has 190 valence electrons. The number of ketones is 1. The van der Waals surface area contributed by atoms with Gasteiger partial charge in [-0.1, -0.05) is 30.3 Å². The summed E-state index contributed by atoms with van der Waals surface area (Å²) in [5, 5.41) is 9.30. The molecule has 36 heavy (non-hydrogen) atoms. The van der Waals surface area contributed by atoms with E-state index in [0.717, 1.165) is 31.6 Å². The van der Waals surface area contributed by atoms with Crippen LogP contribution in [0.4, 0.5) is 14.9 Å². The number of nitrogens with one attached hydrogen (secondary N) is 1. The number of carbonyl (C=O) groups excluding carboxylic acids is 2. The lowest BCUT2D eigenvalue weighted by Crippen LogP contribution is -2.54. The molecule has 0 unspecified atom stereocenters. The topological polar surface area (TPSA) is 77.5 Å². The molecule has 2 atom stereocenters. The highest BCUT2D eigenvalue weighted by Crippen LogP contribution is 2.48. The molecular weight excluding hydrogens is 461 g/mol. The number of hydrogen-bond acceptors (Lipinski definition) is 6. The molecule has 8 nitrogen and oxygen atoms in total. The third-order valence-electron chi connectivity index (χ3n) is 7.60. The molecule has 0 aliphatic carbocycles. The van der Waals surface area contributed by atoms with Gasteiger partial charge < -0.3 is 15.0 Å². The van der Waals surface area contributed by atoms with Crippen LogP contribution in [0.3, 0.4) is 0 Å². The summed E-state index contributed by atoms with van der Waals surface area (Å²) < 4.78 is 20.3. The monoisotopic (exact) mass is 493 g/mol. The summed E-state index contributed by atoms with van der Waals surface area (Å²) in [5.41, 5.74) is 1.37. The predicted molar refractivity (Wildman–Crippen MR) is 136 cm³/mol. The van der Waals surface area contributed by atoms with Gasteiger partial charge in [-0.25, -0.2) is 9.18 Å². The van der Waals surface area contributed by atoms with Crippen molar-refractivity contribution >= 4 is 23.2 Å². The Morgan fingerprint density at radius 2 is 1.89 bits per heavy atom. The van der Waals surface area contributed by atoms with E-state index in [1.165, 1.54) is 12.1 Å². The second kappa shape index (κ2) is 9.89. The van der Waals surface area contributed by atoms with Crippen molar-refractivity contribution < 1.29 is 18.7 Å². The first-order valence-corrected chi connectivity index (χ1v) is 12.5. The predicted octanol–water partition coefficient (Wildman–Crippen LogP) is 3.03. The molecule has 9 heteroatoms. The van der Waals surface area contributed by atoms with Crippen LogP contribution in [0.15, 0.2) is 53.6 Å². The van der Waals surface area contributed by atoms with Crippen molar-refractivity contribution in [1.29, 1.82) is 0 Å². The average Bonchev–Trinajstić information content (AvgIpc) is 3.25. The maximum Gasteiger partial charge on any atom is 0.317 e. The van der Waals surface area contributed by atoms with Gasteiger partial charge in [-0.3, -0.25) is 14.7 Å². The first kappa shape index (κ1) is 24.2. The second-order valence-electron chi connectivity index (χ2n) is 9.61. The van der Waals surface area contributed by atoms with Crippen LogP contribution < -0.4 is 15.1 Å². The number of nitrogens with zero attached hydrogens (tertiary/aromatic N) is 4. The van der Waals surface area contributed by atoms with Crippen molar-refractivity contribution in [1.82, 2.24) is 15.1 Å². The largest absolute Gasteiger partial charge is 0.489 e. The van der Waals surface area contributed by atoms with Crippen LogP contribution >= 0.6 is 0 Å². The quantitative estimate of drug-likeness (QED) is 0.670. The lowest BCUT2D eigenvalue weighted by Gasteiger charge is -2.42. The number of ether oxygens (including phenoxy) is 1. The number of urea groups is 1. The maximum atomic E-state index is 14.2. The van der Waals surface area contributed by atoms with Crippen LogP contribution in [0.2, 0.25) is 0 Å². The molecule has 2 amide bonds. The molecule has 5 rings (SSSR count). The molecule has 3 heterocycles. The molecule has 1 N–H and O–H groups in total. The van der Waals surface area contributed by atoms with E-state index in [2.05, 4.69) is 10.2 Å². The van der Waals surface area contributed by atoms with Gasteiger partial charge in [0.1, 0.15) is 35.6 Å². The number of Topliss-reactive ketones (excluding diaryl/α,β-unsaturated/α-hetero) is 1. The molecule has 1 fully saturated rings. The fourth-order valence-corrected chi connectivity index (χ4v) is 5.82. The molecule has 2 aromatic carbocycles. The fraction of sp³-hybridized carbons (Fsp3) is 0.444. The Balaban J connectivity index is 1.42. The second-order valence-corrected chi connectivity index (χ2v) is 9.61. The highest BCUT2D eigenvalue weighted by molar-refractivity contribution is 6.43. The number of halogens is 1. The van der Waals surface area contributed by atoms with Crippen LogP contribution in [0.5, 0.6) is 5.75 Å². The van der Waals surface area contributed by atoms with E-state index >= 15 is 0 Å². The molecule has 2 aromatic rings. The molecule has 0 saturated carbocycles. The lowest BCUT2D eigenvalue weighted by atomic mass is 9.67. The molecule has 3 aliphatic heterocycles. The molecule has 0 aromatic heterocycles. The number of amides is 2. The van der Waals surface area contributed by atoms with Crippen molar-refractivity contribution in [3.63, 3.8) is 0 Å². The van der Waals surface area contributed by atoms with E-state index in [1.807, 2.05) is 35.2 Å². The van der Waals surface area contributed by atoms with Gasteiger partial charge in [0.2, 0.25) is 0 Å². The number of carbonyl (C=O) groups is 2. The van der Waals surface area contributed by atoms with Gasteiger partial charge >= 0.3 is 6.03 Å². The molecule has 0 bridgehead atoms. The summed E-state index contributed by atoms with van der Waals surface area (Å²) in [4.78, 5) is 29.1. The molecule has 0 spiro atoms. The molecule has 1 saturated heterocycles. The van der Waals surface area contributed by atoms with Crippen molar-refractivity contribution in [3.05, 3.63) is 59.9 Å². The zero-order chi connectivity index (χ0) is 25.3. The van der Waals surface area contributed by atoms with E-state index in [4.69, 9.17) is 9.84 Å². The number of fused-ring (bicyclic) bond motifs is 3. The minimum absolute atomic E-state index is 0.0416. The van der Waals surface area contributed by atoms with Crippen LogP contribution in [0.1, 0.15) is 25.3 Å². The Bertz CT molecular complexity index is 1170. The Morgan fingerprint density at radius 1 is 1.14 bits per heavy atom. The number of rotatable bonds is 6. The number of hydrogen-bond donors (Lipinski definition) is 1. The van der Waals surface area contributed by atoms with Gasteiger partial charge in [-0.15, -0.1) is 0 Å². The standard InChI is InChI=1S/C27H32FN5O3/c1-19(34)25-27(20-7-4-3-5-8-20,11-6-12-31-13-15-32(16-14-31)26(35)29-2)24-18-36-23-10-9-21(28)17-22(23)33(24)30-25/h3-5,7-10,17,24H,6,11-16,18H2,1-2H3,(H,29,35)/t24-,27+/m0/s1. The Kier molecular flexibility index (Phi) is 6.66. The van der Waals surface area contributed by atoms with Crippen LogP contribution in [0.25, 0.3) is 0 Å². The third-order valence-corrected chi connectivity index (χ3v) is 7.60. The summed E-state index contributed by atoms with van der Waals surface area (Å²) in [5.74, 6) is 0.105. The molecule has 0 radical (unpaired) electrons. The van der Waals surface area contributed by atoms with Gasteiger partial charge in [0.05, 0.1) is 5.41 Å². The van der Waals surface area contributed by atoms with E-state index in [9.17, 15) is 14.0 Å². The summed E-state index contributed by atoms with van der Waals surface area (Å²) in [6, 6.07) is 14.1. The average molecular weight is 494 g/mol. The SMILES string of the molecule is CNC(=O)N1CCN(CCC[C@]2(c3ccccc3)C(C(C)=O)=NN3c4cc(F)ccc4OC[C@H]32)CC1. The summed E-state index contributed by atoms with van der Waals surface area (Å²) in [6.45, 7) is 5.75. The van der Waals surface area contributed by atoms with Gasteiger partial charge in [0, 0.05) is 46.2 Å². The third kappa shape index (κ3) is 4.21. The van der Waals surface area contributed by atoms with Crippen LogP contribution in [-0.4, -0.2) is 79.7 Å². The van der Waals surface area contributed by atoms with E-state index in [0.29, 0.717) is 43.3 Å². The summed E-state index contributed by atoms with van der Waals surface area (Å²) in [7, 11) is 1.65. The molecular formula is C27H32FN5O3. The molecule has 3 aliphatic rings. The number of anilines is 1. The minimum Gasteiger partial charge on any atom is -0.489 e. The normalized spacial score (nSPS) is 23.4. The van der Waals surface area contributed by atoms with Gasteiger partial charge in [-0.05, 0) is 37.1 Å². The number of hydrazone groups is 1. The van der Waals surface area contributed by atoms with Gasteiger partial charge in [-0.2, -0.15) is 5.10 Å². The smallest absolute Gasteiger partial charge is 0.317 e. The van der Waals surface area contributed by atoms with Crippen molar-refractivity contribution in [2.45, 2.75) is 31.2 Å². The van der Waals surface area contributed by atoms with Gasteiger partial charge in [0.15, 0.2) is 5.78 Å².